The Morgan fingerprint density at radius 1 is 0.588 bits per heavy atom. The van der Waals surface area contributed by atoms with Crippen molar-refractivity contribution in [3.8, 4) is 0 Å². The number of nitrogens with one attached hydrogen (secondary N) is 1. The minimum absolute atomic E-state index is 0.0128. The molecule has 0 saturated heterocycles. The van der Waals surface area contributed by atoms with Crippen LogP contribution in [0.3, 0.4) is 0 Å². The number of hydrogen-bond donors (Lipinski definition) is 3. The first-order chi connectivity index (χ1) is 16.4. The van der Waals surface area contributed by atoms with Gasteiger partial charge >= 0.3 is 11.9 Å². The first kappa shape index (κ1) is 32.1. The molecule has 0 bridgehead atoms. The molecule has 0 unspecified atom stereocenters. The van der Waals surface area contributed by atoms with Crippen molar-refractivity contribution in [2.45, 2.75) is 148 Å². The maximum Gasteiger partial charge on any atom is 0.326 e. The van der Waals surface area contributed by atoms with E-state index in [0.29, 0.717) is 19.3 Å². The van der Waals surface area contributed by atoms with Crippen molar-refractivity contribution >= 4 is 23.6 Å². The molecule has 198 valence electrons. The molecule has 1 atom stereocenters. The zero-order valence-electron chi connectivity index (χ0n) is 21.5. The molecule has 3 N–H and O–H groups in total. The number of unbranched alkanes of at least 4 members (excludes halogenated alkanes) is 15. The Kier molecular flexibility index (Phi) is 21.6. The molecule has 0 aliphatic rings. The van der Waals surface area contributed by atoms with Gasteiger partial charge in [0.05, 0.1) is 0 Å². The molecule has 0 aromatic carbocycles. The van der Waals surface area contributed by atoms with E-state index in [1.54, 1.807) is 6.92 Å². The predicted molar refractivity (Wildman–Crippen MR) is 135 cm³/mol. The van der Waals surface area contributed by atoms with Crippen molar-refractivity contribution in [3.05, 3.63) is 0 Å². The van der Waals surface area contributed by atoms with Crippen LogP contribution in [0, 0.1) is 0 Å². The summed E-state index contributed by atoms with van der Waals surface area (Å²) in [5.41, 5.74) is 0. The van der Waals surface area contributed by atoms with Crippen molar-refractivity contribution in [1.82, 2.24) is 5.32 Å². The Labute approximate surface area is 206 Å². The van der Waals surface area contributed by atoms with E-state index in [9.17, 15) is 24.3 Å². The van der Waals surface area contributed by atoms with Crippen LogP contribution >= 0.6 is 0 Å². The van der Waals surface area contributed by atoms with Crippen molar-refractivity contribution < 1.29 is 29.4 Å². The summed E-state index contributed by atoms with van der Waals surface area (Å²) >= 11 is 0. The fourth-order valence-electron chi connectivity index (χ4n) is 4.04. The average molecular weight is 484 g/mol. The van der Waals surface area contributed by atoms with Crippen LogP contribution in [0.25, 0.3) is 0 Å². The second-order valence-corrected chi connectivity index (χ2v) is 9.44. The maximum absolute atomic E-state index is 12.0. The van der Waals surface area contributed by atoms with E-state index in [1.807, 2.05) is 0 Å². The van der Waals surface area contributed by atoms with Crippen LogP contribution in [0.5, 0.6) is 0 Å². The van der Waals surface area contributed by atoms with Gasteiger partial charge in [0.1, 0.15) is 11.8 Å². The van der Waals surface area contributed by atoms with Crippen LogP contribution in [0.1, 0.15) is 142 Å². The summed E-state index contributed by atoms with van der Waals surface area (Å²) in [6, 6.07) is -0.974. The zero-order chi connectivity index (χ0) is 25.4. The number of carboxylic acid groups (broad SMARTS) is 2. The van der Waals surface area contributed by atoms with Gasteiger partial charge in [-0.1, -0.05) is 96.8 Å². The highest BCUT2D eigenvalue weighted by Gasteiger charge is 2.20. The highest BCUT2D eigenvalue weighted by atomic mass is 16.4. The second kappa shape index (κ2) is 22.9. The zero-order valence-corrected chi connectivity index (χ0v) is 21.5. The highest BCUT2D eigenvalue weighted by Crippen LogP contribution is 2.14. The molecular formula is C27H49NO6. The van der Waals surface area contributed by atoms with Gasteiger partial charge in [0.25, 0.3) is 0 Å². The lowest BCUT2D eigenvalue weighted by Crippen LogP contribution is -2.41. The average Bonchev–Trinajstić information content (AvgIpc) is 2.80. The number of rotatable bonds is 25. The van der Waals surface area contributed by atoms with E-state index in [1.165, 1.54) is 64.2 Å². The number of hydrogen-bond acceptors (Lipinski definition) is 4. The number of amides is 1. The summed E-state index contributed by atoms with van der Waals surface area (Å²) in [5.74, 6) is -2.00. The molecule has 0 aromatic heterocycles. The Morgan fingerprint density at radius 3 is 1.32 bits per heavy atom. The lowest BCUT2D eigenvalue weighted by molar-refractivity contribution is -0.142. The fraction of sp³-hybridized carbons (Fsp3) is 0.852. The van der Waals surface area contributed by atoms with E-state index in [0.717, 1.165) is 38.5 Å². The van der Waals surface area contributed by atoms with E-state index in [-0.39, 0.29) is 24.5 Å². The van der Waals surface area contributed by atoms with Crippen molar-refractivity contribution in [2.24, 2.45) is 0 Å². The molecule has 0 spiro atoms. The largest absolute Gasteiger partial charge is 0.481 e. The molecule has 0 rings (SSSR count). The first-order valence-electron chi connectivity index (χ1n) is 13.6. The number of carbonyl (C=O) groups excluding carboxylic acids is 2. The van der Waals surface area contributed by atoms with Gasteiger partial charge in [-0.3, -0.25) is 14.4 Å². The molecule has 0 heterocycles. The third-order valence-electron chi connectivity index (χ3n) is 6.28. The molecule has 1 amide bonds. The van der Waals surface area contributed by atoms with Crippen LogP contribution in [0.2, 0.25) is 0 Å². The van der Waals surface area contributed by atoms with Gasteiger partial charge in [0.2, 0.25) is 5.91 Å². The molecule has 0 saturated carbocycles. The van der Waals surface area contributed by atoms with Gasteiger partial charge in [0, 0.05) is 25.7 Å². The van der Waals surface area contributed by atoms with E-state index >= 15 is 0 Å². The standard InChI is InChI=1S/C27H49NO6/c1-2-23(29)21-22-24(27(33)34)28-25(30)19-17-15-13-11-9-7-5-3-4-6-8-10-12-14-16-18-20-26(31)32/h24H,2-22H2,1H3,(H,28,30)(H,31,32)(H,33,34)/t24-/m0/s1. The van der Waals surface area contributed by atoms with Crippen LogP contribution < -0.4 is 5.32 Å². The molecule has 7 heteroatoms. The maximum atomic E-state index is 12.0. The fourth-order valence-corrected chi connectivity index (χ4v) is 4.04. The summed E-state index contributed by atoms with van der Waals surface area (Å²) < 4.78 is 0. The molecule has 0 radical (unpaired) electrons. The minimum Gasteiger partial charge on any atom is -0.481 e. The van der Waals surface area contributed by atoms with E-state index in [4.69, 9.17) is 5.11 Å². The van der Waals surface area contributed by atoms with Gasteiger partial charge in [0.15, 0.2) is 0 Å². The lowest BCUT2D eigenvalue weighted by Gasteiger charge is -2.14. The van der Waals surface area contributed by atoms with Crippen LogP contribution in [0.15, 0.2) is 0 Å². The predicted octanol–water partition coefficient (Wildman–Crippen LogP) is 6.42. The first-order valence-corrected chi connectivity index (χ1v) is 13.6. The monoisotopic (exact) mass is 483 g/mol. The summed E-state index contributed by atoms with van der Waals surface area (Å²) in [6.07, 6.45) is 19.9. The van der Waals surface area contributed by atoms with Gasteiger partial charge in [-0.2, -0.15) is 0 Å². The van der Waals surface area contributed by atoms with Crippen molar-refractivity contribution in [2.75, 3.05) is 0 Å². The van der Waals surface area contributed by atoms with Gasteiger partial charge in [-0.25, -0.2) is 4.79 Å². The van der Waals surface area contributed by atoms with Gasteiger partial charge in [-0.05, 0) is 19.3 Å². The lowest BCUT2D eigenvalue weighted by atomic mass is 10.0. The van der Waals surface area contributed by atoms with E-state index in [2.05, 4.69) is 5.32 Å². The number of aliphatic carboxylic acids is 2. The summed E-state index contributed by atoms with van der Waals surface area (Å²) in [6.45, 7) is 1.75. The molecule has 0 aromatic rings. The van der Waals surface area contributed by atoms with Gasteiger partial charge < -0.3 is 15.5 Å². The number of Topliss-reactive ketones (excluding diaryl/α,β-unsaturated/α-hetero) is 1. The second-order valence-electron chi connectivity index (χ2n) is 9.44. The molecular weight excluding hydrogens is 434 g/mol. The molecule has 0 fully saturated rings. The Morgan fingerprint density at radius 2 is 0.971 bits per heavy atom. The molecule has 0 aliphatic carbocycles. The van der Waals surface area contributed by atoms with Crippen LogP contribution in [0.4, 0.5) is 0 Å². The third kappa shape index (κ3) is 21.9. The quantitative estimate of drug-likeness (QED) is 0.129. The number of carbonyl (C=O) groups is 4. The smallest absolute Gasteiger partial charge is 0.326 e. The van der Waals surface area contributed by atoms with Crippen molar-refractivity contribution in [3.63, 3.8) is 0 Å². The summed E-state index contributed by atoms with van der Waals surface area (Å²) in [4.78, 5) is 45.0. The Hall–Kier alpha value is -1.92. The SMILES string of the molecule is CCC(=O)CC[C@H](NC(=O)CCCCCCCCCCCCCCCCCCC(=O)O)C(=O)O. The molecule has 7 nitrogen and oxygen atoms in total. The minimum atomic E-state index is -1.08. The van der Waals surface area contributed by atoms with Gasteiger partial charge in [-0.15, -0.1) is 0 Å². The third-order valence-corrected chi connectivity index (χ3v) is 6.28. The van der Waals surface area contributed by atoms with Crippen LogP contribution in [-0.2, 0) is 19.2 Å². The Bertz CT molecular complexity index is 563. The summed E-state index contributed by atoms with van der Waals surface area (Å²) in [5, 5.41) is 20.3. The Balaban J connectivity index is 3.43. The van der Waals surface area contributed by atoms with E-state index < -0.39 is 18.0 Å². The topological polar surface area (TPSA) is 121 Å². The molecule has 34 heavy (non-hydrogen) atoms. The van der Waals surface area contributed by atoms with Crippen LogP contribution in [-0.4, -0.2) is 39.9 Å². The highest BCUT2D eigenvalue weighted by molar-refractivity contribution is 5.84. The summed E-state index contributed by atoms with van der Waals surface area (Å²) in [7, 11) is 0. The molecule has 0 aliphatic heterocycles. The number of carboxylic acids is 2. The normalized spacial score (nSPS) is 11.8. The van der Waals surface area contributed by atoms with Crippen molar-refractivity contribution in [1.29, 1.82) is 0 Å². The number of ketones is 1.